The number of halogens is 2. The summed E-state index contributed by atoms with van der Waals surface area (Å²) in [5.41, 5.74) is 1.54. The highest BCUT2D eigenvalue weighted by molar-refractivity contribution is 5.93. The molecule has 3 aromatic rings. The lowest BCUT2D eigenvalue weighted by Crippen LogP contribution is -2.08. The number of methoxy groups -OCH3 is 2. The van der Waals surface area contributed by atoms with Gasteiger partial charge in [0, 0.05) is 29.9 Å². The molecule has 2 aromatic heterocycles. The fourth-order valence-corrected chi connectivity index (χ4v) is 2.43. The fourth-order valence-electron chi connectivity index (χ4n) is 2.43. The first-order valence-corrected chi connectivity index (χ1v) is 8.09. The van der Waals surface area contributed by atoms with Crippen molar-refractivity contribution in [3.8, 4) is 11.9 Å². The van der Waals surface area contributed by atoms with Crippen LogP contribution in [0, 0.1) is 0 Å². The Hall–Kier alpha value is -3.07. The number of alkyl halides is 2. The molecule has 0 aliphatic heterocycles. The molecule has 0 bridgehead atoms. The summed E-state index contributed by atoms with van der Waals surface area (Å²) in [5.74, 6) is 0.284. The number of hydrogen-bond acceptors (Lipinski definition) is 7. The predicted molar refractivity (Wildman–Crippen MR) is 95.9 cm³/mol. The Balaban J connectivity index is 1.88. The minimum atomic E-state index is -2.55. The average Bonchev–Trinajstić information content (AvgIpc) is 2.69. The largest absolute Gasteiger partial charge is 0.479 e. The molecule has 0 unspecified atom stereocenters. The smallest absolute Gasteiger partial charge is 0.319 e. The molecule has 0 aliphatic rings. The molecule has 0 saturated heterocycles. The van der Waals surface area contributed by atoms with Crippen LogP contribution in [-0.4, -0.2) is 42.4 Å². The third kappa shape index (κ3) is 4.37. The standard InChI is InChI=1S/C18H18F2N4O3/c1-25-7-8-27-18-22-10-15(17(24-18)26-2)23-13-5-6-21-14-9-11(16(19)20)3-4-12(13)14/h3-6,9-10,16H,7-8H2,1-2H3,(H,21,23). The van der Waals surface area contributed by atoms with Crippen LogP contribution >= 0.6 is 0 Å². The second-order valence-corrected chi connectivity index (χ2v) is 5.48. The van der Waals surface area contributed by atoms with Crippen molar-refractivity contribution >= 4 is 22.3 Å². The Kier molecular flexibility index (Phi) is 5.92. The van der Waals surface area contributed by atoms with Gasteiger partial charge in [-0.2, -0.15) is 4.98 Å². The van der Waals surface area contributed by atoms with E-state index in [1.54, 1.807) is 19.2 Å². The lowest BCUT2D eigenvalue weighted by molar-refractivity contribution is 0.140. The summed E-state index contributed by atoms with van der Waals surface area (Å²) in [5, 5.41) is 3.84. The predicted octanol–water partition coefficient (Wildman–Crippen LogP) is 3.74. The molecule has 0 amide bonds. The number of pyridine rings is 1. The minimum absolute atomic E-state index is 0.0781. The van der Waals surface area contributed by atoms with E-state index < -0.39 is 6.43 Å². The van der Waals surface area contributed by atoms with Crippen molar-refractivity contribution < 1.29 is 23.0 Å². The van der Waals surface area contributed by atoms with Crippen LogP contribution in [0.15, 0.2) is 36.7 Å². The van der Waals surface area contributed by atoms with E-state index in [1.165, 1.54) is 31.6 Å². The van der Waals surface area contributed by atoms with Crippen molar-refractivity contribution in [2.24, 2.45) is 0 Å². The molecule has 142 valence electrons. The monoisotopic (exact) mass is 376 g/mol. The van der Waals surface area contributed by atoms with E-state index >= 15 is 0 Å². The van der Waals surface area contributed by atoms with Crippen LogP contribution in [-0.2, 0) is 4.74 Å². The molecule has 0 atom stereocenters. The Morgan fingerprint density at radius 2 is 1.93 bits per heavy atom. The van der Waals surface area contributed by atoms with Crippen LogP contribution < -0.4 is 14.8 Å². The van der Waals surface area contributed by atoms with E-state index in [-0.39, 0.29) is 17.5 Å². The third-order valence-corrected chi connectivity index (χ3v) is 3.73. The SMILES string of the molecule is COCCOc1ncc(Nc2ccnc3cc(C(F)F)ccc23)c(OC)n1. The van der Waals surface area contributed by atoms with Gasteiger partial charge in [-0.05, 0) is 12.1 Å². The maximum atomic E-state index is 12.9. The Morgan fingerprint density at radius 1 is 1.07 bits per heavy atom. The Labute approximate surface area is 154 Å². The van der Waals surface area contributed by atoms with Gasteiger partial charge in [0.15, 0.2) is 0 Å². The maximum Gasteiger partial charge on any atom is 0.319 e. The fraction of sp³-hybridized carbons (Fsp3) is 0.278. The van der Waals surface area contributed by atoms with Gasteiger partial charge in [-0.15, -0.1) is 0 Å². The Bertz CT molecular complexity index is 924. The average molecular weight is 376 g/mol. The highest BCUT2D eigenvalue weighted by atomic mass is 19.3. The van der Waals surface area contributed by atoms with Gasteiger partial charge in [-0.1, -0.05) is 12.1 Å². The van der Waals surface area contributed by atoms with Crippen molar-refractivity contribution in [3.63, 3.8) is 0 Å². The maximum absolute atomic E-state index is 12.9. The molecule has 27 heavy (non-hydrogen) atoms. The highest BCUT2D eigenvalue weighted by Gasteiger charge is 2.13. The number of aromatic nitrogens is 3. The number of hydrogen-bond donors (Lipinski definition) is 1. The van der Waals surface area contributed by atoms with Crippen LogP contribution in [0.2, 0.25) is 0 Å². The summed E-state index contributed by atoms with van der Waals surface area (Å²) in [6.07, 6.45) is 0.510. The number of benzene rings is 1. The molecular weight excluding hydrogens is 358 g/mol. The Morgan fingerprint density at radius 3 is 2.67 bits per heavy atom. The van der Waals surface area contributed by atoms with Crippen molar-refractivity contribution in [1.82, 2.24) is 15.0 Å². The summed E-state index contributed by atoms with van der Waals surface area (Å²) in [6, 6.07) is 6.23. The number of ether oxygens (including phenoxy) is 3. The van der Waals surface area contributed by atoms with Crippen molar-refractivity contribution in [2.45, 2.75) is 6.43 Å². The van der Waals surface area contributed by atoms with Crippen molar-refractivity contribution in [2.75, 3.05) is 32.8 Å². The van der Waals surface area contributed by atoms with E-state index in [1.807, 2.05) is 0 Å². The van der Waals surface area contributed by atoms with Gasteiger partial charge < -0.3 is 19.5 Å². The van der Waals surface area contributed by atoms with E-state index in [2.05, 4.69) is 20.3 Å². The molecule has 3 rings (SSSR count). The van der Waals surface area contributed by atoms with E-state index in [0.717, 1.165) is 0 Å². The minimum Gasteiger partial charge on any atom is -0.479 e. The first kappa shape index (κ1) is 18.7. The quantitative estimate of drug-likeness (QED) is 0.600. The number of fused-ring (bicyclic) bond motifs is 1. The second kappa shape index (κ2) is 8.54. The lowest BCUT2D eigenvalue weighted by atomic mass is 10.1. The van der Waals surface area contributed by atoms with Gasteiger partial charge in [0.05, 0.1) is 25.4 Å². The lowest BCUT2D eigenvalue weighted by Gasteiger charge is -2.13. The van der Waals surface area contributed by atoms with Crippen LogP contribution in [0.1, 0.15) is 12.0 Å². The van der Waals surface area contributed by atoms with Gasteiger partial charge >= 0.3 is 6.01 Å². The van der Waals surface area contributed by atoms with Gasteiger partial charge in [0.25, 0.3) is 6.43 Å². The molecule has 7 nitrogen and oxygen atoms in total. The van der Waals surface area contributed by atoms with Crippen LogP contribution in [0.4, 0.5) is 20.2 Å². The van der Waals surface area contributed by atoms with Gasteiger partial charge in [0.2, 0.25) is 5.88 Å². The van der Waals surface area contributed by atoms with Gasteiger partial charge in [-0.3, -0.25) is 4.98 Å². The third-order valence-electron chi connectivity index (χ3n) is 3.73. The molecule has 0 aliphatic carbocycles. The molecule has 2 heterocycles. The number of nitrogens with one attached hydrogen (secondary N) is 1. The summed E-state index contributed by atoms with van der Waals surface area (Å²) >= 11 is 0. The molecule has 0 saturated carbocycles. The highest BCUT2D eigenvalue weighted by Crippen LogP contribution is 2.31. The first-order chi connectivity index (χ1) is 13.1. The number of anilines is 2. The molecule has 0 spiro atoms. The normalized spacial score (nSPS) is 11.0. The zero-order chi connectivity index (χ0) is 19.2. The zero-order valence-electron chi connectivity index (χ0n) is 14.8. The van der Waals surface area contributed by atoms with E-state index in [9.17, 15) is 8.78 Å². The first-order valence-electron chi connectivity index (χ1n) is 8.09. The van der Waals surface area contributed by atoms with Crippen LogP contribution in [0.3, 0.4) is 0 Å². The molecule has 9 heteroatoms. The van der Waals surface area contributed by atoms with E-state index in [0.29, 0.717) is 35.5 Å². The van der Waals surface area contributed by atoms with Crippen LogP contribution in [0.5, 0.6) is 11.9 Å². The molecule has 1 N–H and O–H groups in total. The molecular formula is C18H18F2N4O3. The number of rotatable bonds is 8. The van der Waals surface area contributed by atoms with E-state index in [4.69, 9.17) is 14.2 Å². The summed E-state index contributed by atoms with van der Waals surface area (Å²) in [6.45, 7) is 0.725. The van der Waals surface area contributed by atoms with Crippen molar-refractivity contribution in [1.29, 1.82) is 0 Å². The summed E-state index contributed by atoms with van der Waals surface area (Å²) in [4.78, 5) is 12.5. The zero-order valence-corrected chi connectivity index (χ0v) is 14.8. The molecule has 1 aromatic carbocycles. The molecule has 0 fully saturated rings. The molecule has 0 radical (unpaired) electrons. The van der Waals surface area contributed by atoms with Crippen LogP contribution in [0.25, 0.3) is 10.9 Å². The van der Waals surface area contributed by atoms with Crippen molar-refractivity contribution in [3.05, 3.63) is 42.2 Å². The summed E-state index contributed by atoms with van der Waals surface area (Å²) in [7, 11) is 3.05. The van der Waals surface area contributed by atoms with Gasteiger partial charge in [-0.25, -0.2) is 13.8 Å². The second-order valence-electron chi connectivity index (χ2n) is 5.48. The van der Waals surface area contributed by atoms with Gasteiger partial charge in [0.1, 0.15) is 12.3 Å². The summed E-state index contributed by atoms with van der Waals surface area (Å²) < 4.78 is 41.3. The topological polar surface area (TPSA) is 78.4 Å². The number of nitrogens with zero attached hydrogens (tertiary/aromatic N) is 3.